The predicted octanol–water partition coefficient (Wildman–Crippen LogP) is 4.82. The minimum Gasteiger partial charge on any atom is -0.487 e. The number of dihydropyridines is 1. The number of carboxylic acids is 1. The van der Waals surface area contributed by atoms with Crippen molar-refractivity contribution in [1.29, 1.82) is 0 Å². The first-order valence-corrected chi connectivity index (χ1v) is 14.7. The molecule has 42 heavy (non-hydrogen) atoms. The number of rotatable bonds is 7. The van der Waals surface area contributed by atoms with Crippen LogP contribution in [-0.4, -0.2) is 51.9 Å². The number of carbonyl (C=O) groups is 3. The smallest absolute Gasteiger partial charge is 0.338 e. The number of amides is 2. The van der Waals surface area contributed by atoms with Crippen molar-refractivity contribution < 1.29 is 28.6 Å². The molecule has 2 atom stereocenters. The fourth-order valence-electron chi connectivity index (χ4n) is 6.36. The first-order chi connectivity index (χ1) is 20.4. The van der Waals surface area contributed by atoms with Crippen LogP contribution in [0.3, 0.4) is 0 Å². The van der Waals surface area contributed by atoms with E-state index in [1.165, 1.54) is 24.3 Å². The topological polar surface area (TPSA) is 121 Å². The lowest BCUT2D eigenvalue weighted by Crippen LogP contribution is -2.34. The molecule has 7 rings (SSSR count). The van der Waals surface area contributed by atoms with Crippen LogP contribution in [0.4, 0.5) is 4.39 Å². The minimum atomic E-state index is -1.25. The maximum absolute atomic E-state index is 13.6. The molecule has 1 aromatic carbocycles. The van der Waals surface area contributed by atoms with Gasteiger partial charge >= 0.3 is 5.97 Å². The van der Waals surface area contributed by atoms with Gasteiger partial charge in [0.15, 0.2) is 0 Å². The van der Waals surface area contributed by atoms with Crippen LogP contribution >= 0.6 is 11.3 Å². The van der Waals surface area contributed by atoms with E-state index in [0.717, 1.165) is 54.8 Å². The number of aromatic carboxylic acids is 1. The van der Waals surface area contributed by atoms with Crippen molar-refractivity contribution in [3.05, 3.63) is 93.0 Å². The van der Waals surface area contributed by atoms with E-state index < -0.39 is 11.8 Å². The predicted molar refractivity (Wildman–Crippen MR) is 153 cm³/mol. The number of hydrogen-bond donors (Lipinski definition) is 3. The first kappa shape index (κ1) is 26.4. The summed E-state index contributed by atoms with van der Waals surface area (Å²) in [6.45, 7) is 1.17. The van der Waals surface area contributed by atoms with E-state index in [-0.39, 0.29) is 52.9 Å². The van der Waals surface area contributed by atoms with E-state index in [1.54, 1.807) is 17.0 Å². The molecule has 0 saturated carbocycles. The van der Waals surface area contributed by atoms with E-state index in [9.17, 15) is 23.9 Å². The van der Waals surface area contributed by atoms with Gasteiger partial charge in [0.25, 0.3) is 11.8 Å². The Balaban J connectivity index is 1.26. The van der Waals surface area contributed by atoms with Crippen LogP contribution in [0.5, 0.6) is 5.75 Å². The normalized spacial score (nSPS) is 20.3. The van der Waals surface area contributed by atoms with Crippen LogP contribution in [0, 0.1) is 5.82 Å². The molecule has 1 fully saturated rings. The summed E-state index contributed by atoms with van der Waals surface area (Å²) >= 11 is 1.15. The van der Waals surface area contributed by atoms with Crippen molar-refractivity contribution in [3.8, 4) is 16.2 Å². The van der Waals surface area contributed by atoms with Crippen molar-refractivity contribution in [3.63, 3.8) is 0 Å². The Labute approximate surface area is 244 Å². The van der Waals surface area contributed by atoms with Crippen molar-refractivity contribution >= 4 is 29.1 Å². The third-order valence-corrected chi connectivity index (χ3v) is 9.37. The van der Waals surface area contributed by atoms with Gasteiger partial charge in [0.1, 0.15) is 18.2 Å². The molecule has 5 heterocycles. The Hall–Kier alpha value is -4.51. The van der Waals surface area contributed by atoms with E-state index >= 15 is 0 Å². The molecule has 214 valence electrons. The Kier molecular flexibility index (Phi) is 6.53. The van der Waals surface area contributed by atoms with Crippen LogP contribution < -0.4 is 15.4 Å². The van der Waals surface area contributed by atoms with Gasteiger partial charge in [-0.25, -0.2) is 9.18 Å². The number of halogens is 1. The van der Waals surface area contributed by atoms with Crippen molar-refractivity contribution in [2.24, 2.45) is 0 Å². The fourth-order valence-corrected chi connectivity index (χ4v) is 7.33. The highest BCUT2D eigenvalue weighted by Gasteiger charge is 2.45. The van der Waals surface area contributed by atoms with E-state index in [4.69, 9.17) is 9.72 Å². The highest BCUT2D eigenvalue weighted by atomic mass is 32.1. The zero-order chi connectivity index (χ0) is 29.0. The van der Waals surface area contributed by atoms with Crippen LogP contribution in [0.15, 0.2) is 59.8 Å². The Bertz CT molecular complexity index is 1700. The third kappa shape index (κ3) is 4.44. The summed E-state index contributed by atoms with van der Waals surface area (Å²) in [6, 6.07) is 8.46. The quantitative estimate of drug-likeness (QED) is 0.363. The molecule has 11 heteroatoms. The molecule has 3 N–H and O–H groups in total. The number of hydrogen-bond acceptors (Lipinski definition) is 7. The molecule has 1 saturated heterocycles. The summed E-state index contributed by atoms with van der Waals surface area (Å²) < 4.78 is 19.2. The second-order valence-corrected chi connectivity index (χ2v) is 11.8. The average Bonchev–Trinajstić information content (AvgIpc) is 3.79. The summed E-state index contributed by atoms with van der Waals surface area (Å²) in [7, 11) is 0. The minimum absolute atomic E-state index is 0.106. The van der Waals surface area contributed by atoms with Gasteiger partial charge in [-0.05, 0) is 67.7 Å². The number of ether oxygens (including phenoxy) is 1. The summed E-state index contributed by atoms with van der Waals surface area (Å²) in [5, 5.41) is 16.9. The van der Waals surface area contributed by atoms with E-state index in [2.05, 4.69) is 16.7 Å². The Morgan fingerprint density at radius 2 is 2.00 bits per heavy atom. The van der Waals surface area contributed by atoms with E-state index in [0.29, 0.717) is 27.7 Å². The number of carbonyl (C=O) groups excluding carboxylic acids is 2. The zero-order valence-electron chi connectivity index (χ0n) is 22.5. The monoisotopic (exact) mass is 586 g/mol. The number of carboxylic acid groups (broad SMARTS) is 1. The summed E-state index contributed by atoms with van der Waals surface area (Å²) in [4.78, 5) is 47.1. The van der Waals surface area contributed by atoms with Gasteiger partial charge in [0.2, 0.25) is 0 Å². The molecule has 2 aromatic heterocycles. The molecule has 3 aromatic rings. The summed E-state index contributed by atoms with van der Waals surface area (Å²) in [6.07, 6.45) is 7.32. The van der Waals surface area contributed by atoms with Crippen LogP contribution in [-0.2, 0) is 6.61 Å². The molecule has 9 nitrogen and oxygen atoms in total. The van der Waals surface area contributed by atoms with E-state index in [1.807, 2.05) is 6.08 Å². The van der Waals surface area contributed by atoms with Gasteiger partial charge in [0, 0.05) is 29.2 Å². The maximum atomic E-state index is 13.6. The second kappa shape index (κ2) is 10.4. The van der Waals surface area contributed by atoms with Gasteiger partial charge < -0.3 is 25.4 Å². The van der Waals surface area contributed by atoms with Gasteiger partial charge in [0.05, 0.1) is 39.5 Å². The molecule has 2 unspecified atom stereocenters. The highest BCUT2D eigenvalue weighted by Crippen LogP contribution is 2.46. The van der Waals surface area contributed by atoms with Crippen LogP contribution in [0.25, 0.3) is 10.4 Å². The SMILES string of the molecule is O=C(NC1CCC2=C1C=CCN2)c1ccc(-c2c(C(=O)O)c(COc3ccc(F)cc3)nc3c2C(=O)N2CCCC32)s1. The second-order valence-electron chi connectivity index (χ2n) is 10.7. The van der Waals surface area contributed by atoms with Crippen molar-refractivity contribution in [1.82, 2.24) is 20.5 Å². The first-order valence-electron chi connectivity index (χ1n) is 13.9. The lowest BCUT2D eigenvalue weighted by molar-refractivity contribution is 0.0693. The average molecular weight is 587 g/mol. The van der Waals surface area contributed by atoms with Gasteiger partial charge in [-0.2, -0.15) is 0 Å². The summed E-state index contributed by atoms with van der Waals surface area (Å²) in [5.74, 6) is -1.80. The molecule has 3 aliphatic heterocycles. The zero-order valence-corrected chi connectivity index (χ0v) is 23.3. The molecule has 2 amide bonds. The van der Waals surface area contributed by atoms with Crippen LogP contribution in [0.1, 0.15) is 73.5 Å². The van der Waals surface area contributed by atoms with Gasteiger partial charge in [-0.15, -0.1) is 11.3 Å². The number of benzene rings is 1. The number of nitrogens with one attached hydrogen (secondary N) is 2. The van der Waals surface area contributed by atoms with Gasteiger partial charge in [-0.1, -0.05) is 12.2 Å². The molecular formula is C31H27FN4O5S. The largest absolute Gasteiger partial charge is 0.487 e. The third-order valence-electron chi connectivity index (χ3n) is 8.27. The standard InChI is InChI=1S/C31H27FN4O5S/c32-16-5-7-17(8-6-16)41-15-21-25(31(39)40)26(27-28(34-21)22-4-2-14-36(22)30(27)38)23-11-12-24(42-23)29(37)35-20-10-9-19-18(20)3-1-13-33-19/h1,3,5-8,11-12,20,22,33H,2,4,9-10,13-15H2,(H,35,37)(H,39,40). The fraction of sp³-hybridized carbons (Fsp3) is 0.290. The Morgan fingerprint density at radius 1 is 1.17 bits per heavy atom. The number of thiophene rings is 1. The molecular weight excluding hydrogens is 559 g/mol. The maximum Gasteiger partial charge on any atom is 0.338 e. The lowest BCUT2D eigenvalue weighted by atomic mass is 9.95. The molecule has 0 radical (unpaired) electrons. The number of aromatic nitrogens is 1. The van der Waals surface area contributed by atoms with Crippen LogP contribution in [0.2, 0.25) is 0 Å². The lowest BCUT2D eigenvalue weighted by Gasteiger charge is -2.17. The number of pyridine rings is 1. The molecule has 4 aliphatic rings. The Morgan fingerprint density at radius 3 is 2.81 bits per heavy atom. The number of allylic oxidation sites excluding steroid dienone is 1. The number of fused-ring (bicyclic) bond motifs is 3. The van der Waals surface area contributed by atoms with Crippen molar-refractivity contribution in [2.45, 2.75) is 44.4 Å². The highest BCUT2D eigenvalue weighted by molar-refractivity contribution is 7.17. The molecule has 0 bridgehead atoms. The van der Waals surface area contributed by atoms with Gasteiger partial charge in [-0.3, -0.25) is 14.6 Å². The summed E-state index contributed by atoms with van der Waals surface area (Å²) in [5.41, 5.74) is 3.36. The van der Waals surface area contributed by atoms with Crippen molar-refractivity contribution in [2.75, 3.05) is 13.1 Å². The molecule has 1 aliphatic carbocycles. The number of nitrogens with zero attached hydrogens (tertiary/aromatic N) is 2. The molecule has 0 spiro atoms.